The summed E-state index contributed by atoms with van der Waals surface area (Å²) in [7, 11) is 0. The molecule has 0 fully saturated rings. The second kappa shape index (κ2) is 4.62. The minimum Gasteiger partial charge on any atom is -0.464 e. The molecule has 19 heavy (non-hydrogen) atoms. The summed E-state index contributed by atoms with van der Waals surface area (Å²) in [5, 5.41) is 2.37. The predicted octanol–water partition coefficient (Wildman–Crippen LogP) is 5.39. The molecule has 0 aliphatic carbocycles. The minimum absolute atomic E-state index is 0.884. The second-order valence-corrected chi connectivity index (χ2v) is 4.43. The van der Waals surface area contributed by atoms with Gasteiger partial charge < -0.3 is 4.42 Å². The monoisotopic (exact) mass is 246 g/mol. The summed E-state index contributed by atoms with van der Waals surface area (Å²) >= 11 is 0. The molecule has 3 rings (SSSR count). The standard InChI is InChI=1S/C18H14O/c1-3-13-10-15-7-8-16(18-6-5-9-19-18)12-17(15)11-14(13)4-2/h3-12H,1-2H2. The Morgan fingerprint density at radius 2 is 1.58 bits per heavy atom. The van der Waals surface area contributed by atoms with E-state index in [9.17, 15) is 0 Å². The minimum atomic E-state index is 0.884. The van der Waals surface area contributed by atoms with Crippen LogP contribution in [0.3, 0.4) is 0 Å². The molecule has 0 aliphatic rings. The number of benzene rings is 2. The van der Waals surface area contributed by atoms with Crippen LogP contribution in [0.25, 0.3) is 34.2 Å². The van der Waals surface area contributed by atoms with Crippen molar-refractivity contribution in [3.8, 4) is 11.3 Å². The molecule has 0 bridgehead atoms. The fourth-order valence-corrected chi connectivity index (χ4v) is 2.28. The van der Waals surface area contributed by atoms with Crippen LogP contribution < -0.4 is 0 Å². The summed E-state index contributed by atoms with van der Waals surface area (Å²) in [4.78, 5) is 0. The lowest BCUT2D eigenvalue weighted by Crippen LogP contribution is -1.83. The van der Waals surface area contributed by atoms with Crippen LogP contribution in [0.2, 0.25) is 0 Å². The number of rotatable bonds is 3. The average molecular weight is 246 g/mol. The molecule has 0 saturated carbocycles. The number of hydrogen-bond acceptors (Lipinski definition) is 1. The third-order valence-corrected chi connectivity index (χ3v) is 3.29. The number of fused-ring (bicyclic) bond motifs is 1. The fraction of sp³-hybridized carbons (Fsp3) is 0. The van der Waals surface area contributed by atoms with E-state index in [0.717, 1.165) is 22.5 Å². The van der Waals surface area contributed by atoms with Crippen molar-refractivity contribution in [2.24, 2.45) is 0 Å². The first-order chi connectivity index (χ1) is 9.31. The summed E-state index contributed by atoms with van der Waals surface area (Å²) in [5.74, 6) is 0.884. The molecule has 0 atom stereocenters. The summed E-state index contributed by atoms with van der Waals surface area (Å²) in [6, 6.07) is 14.4. The molecule has 1 nitrogen and oxygen atoms in total. The normalized spacial score (nSPS) is 10.5. The highest BCUT2D eigenvalue weighted by molar-refractivity contribution is 5.91. The molecular formula is C18H14O. The first-order valence-corrected chi connectivity index (χ1v) is 6.18. The molecule has 0 spiro atoms. The van der Waals surface area contributed by atoms with Crippen molar-refractivity contribution in [1.29, 1.82) is 0 Å². The zero-order chi connectivity index (χ0) is 13.2. The van der Waals surface area contributed by atoms with Crippen LogP contribution in [0.5, 0.6) is 0 Å². The van der Waals surface area contributed by atoms with E-state index in [0.29, 0.717) is 0 Å². The van der Waals surface area contributed by atoms with Gasteiger partial charge in [-0.1, -0.05) is 37.4 Å². The molecule has 3 aromatic rings. The summed E-state index contributed by atoms with van der Waals surface area (Å²) in [6.07, 6.45) is 5.41. The predicted molar refractivity (Wildman–Crippen MR) is 81.8 cm³/mol. The Kier molecular flexibility index (Phi) is 2.81. The zero-order valence-electron chi connectivity index (χ0n) is 10.6. The van der Waals surface area contributed by atoms with Gasteiger partial charge in [0.15, 0.2) is 0 Å². The third kappa shape index (κ3) is 2.00. The van der Waals surface area contributed by atoms with Crippen molar-refractivity contribution >= 4 is 22.9 Å². The van der Waals surface area contributed by atoms with E-state index in [1.54, 1.807) is 6.26 Å². The van der Waals surface area contributed by atoms with Gasteiger partial charge >= 0.3 is 0 Å². The van der Waals surface area contributed by atoms with E-state index in [4.69, 9.17) is 4.42 Å². The lowest BCUT2D eigenvalue weighted by Gasteiger charge is -2.06. The molecular weight excluding hydrogens is 232 g/mol. The van der Waals surface area contributed by atoms with Gasteiger partial charge in [-0.05, 0) is 52.2 Å². The van der Waals surface area contributed by atoms with E-state index in [2.05, 4.69) is 43.5 Å². The molecule has 1 aromatic heterocycles. The Bertz CT molecular complexity index is 749. The van der Waals surface area contributed by atoms with Crippen LogP contribution in [-0.4, -0.2) is 0 Å². The van der Waals surface area contributed by atoms with E-state index in [1.165, 1.54) is 10.8 Å². The highest BCUT2D eigenvalue weighted by atomic mass is 16.3. The van der Waals surface area contributed by atoms with Gasteiger partial charge in [0.2, 0.25) is 0 Å². The zero-order valence-corrected chi connectivity index (χ0v) is 10.6. The van der Waals surface area contributed by atoms with Crippen LogP contribution in [0.4, 0.5) is 0 Å². The molecule has 2 aromatic carbocycles. The molecule has 1 heteroatoms. The molecule has 0 unspecified atom stereocenters. The van der Waals surface area contributed by atoms with Gasteiger partial charge in [0.1, 0.15) is 5.76 Å². The lowest BCUT2D eigenvalue weighted by molar-refractivity contribution is 0.582. The Morgan fingerprint density at radius 3 is 2.21 bits per heavy atom. The van der Waals surface area contributed by atoms with E-state index in [-0.39, 0.29) is 0 Å². The van der Waals surface area contributed by atoms with E-state index < -0.39 is 0 Å². The van der Waals surface area contributed by atoms with Gasteiger partial charge in [-0.15, -0.1) is 0 Å². The fourth-order valence-electron chi connectivity index (χ4n) is 2.28. The van der Waals surface area contributed by atoms with Crippen LogP contribution in [-0.2, 0) is 0 Å². The van der Waals surface area contributed by atoms with Gasteiger partial charge in [0.05, 0.1) is 6.26 Å². The average Bonchev–Trinajstić information content (AvgIpc) is 2.99. The lowest BCUT2D eigenvalue weighted by atomic mass is 9.99. The first-order valence-electron chi connectivity index (χ1n) is 6.18. The van der Waals surface area contributed by atoms with Gasteiger partial charge in [-0.25, -0.2) is 0 Å². The Hall–Kier alpha value is -2.54. The highest BCUT2D eigenvalue weighted by Crippen LogP contribution is 2.27. The van der Waals surface area contributed by atoms with Gasteiger partial charge in [0, 0.05) is 5.56 Å². The maximum atomic E-state index is 5.43. The molecule has 0 N–H and O–H groups in total. The third-order valence-electron chi connectivity index (χ3n) is 3.29. The molecule has 92 valence electrons. The summed E-state index contributed by atoms with van der Waals surface area (Å²) in [6.45, 7) is 7.69. The molecule has 0 saturated heterocycles. The topological polar surface area (TPSA) is 13.1 Å². The number of hydrogen-bond donors (Lipinski definition) is 0. The van der Waals surface area contributed by atoms with Crippen LogP contribution >= 0.6 is 0 Å². The molecule has 0 amide bonds. The van der Waals surface area contributed by atoms with Gasteiger partial charge in [0.25, 0.3) is 0 Å². The van der Waals surface area contributed by atoms with Crippen molar-refractivity contribution in [3.05, 3.63) is 73.0 Å². The van der Waals surface area contributed by atoms with Gasteiger partial charge in [-0.2, -0.15) is 0 Å². The quantitative estimate of drug-likeness (QED) is 0.604. The molecule has 0 aliphatic heterocycles. The van der Waals surface area contributed by atoms with Crippen LogP contribution in [0, 0.1) is 0 Å². The van der Waals surface area contributed by atoms with E-state index in [1.807, 2.05) is 24.3 Å². The second-order valence-electron chi connectivity index (χ2n) is 4.43. The summed E-state index contributed by atoms with van der Waals surface area (Å²) < 4.78 is 5.43. The molecule has 1 heterocycles. The first kappa shape index (κ1) is 11.5. The number of furan rings is 1. The van der Waals surface area contributed by atoms with Crippen molar-refractivity contribution in [1.82, 2.24) is 0 Å². The summed E-state index contributed by atoms with van der Waals surface area (Å²) in [5.41, 5.74) is 3.28. The van der Waals surface area contributed by atoms with Crippen LogP contribution in [0.15, 0.2) is 66.3 Å². The maximum absolute atomic E-state index is 5.43. The highest BCUT2D eigenvalue weighted by Gasteiger charge is 2.04. The Morgan fingerprint density at radius 1 is 0.842 bits per heavy atom. The molecule has 0 radical (unpaired) electrons. The largest absolute Gasteiger partial charge is 0.464 e. The Labute approximate surface area is 112 Å². The van der Waals surface area contributed by atoms with Crippen molar-refractivity contribution in [2.45, 2.75) is 0 Å². The maximum Gasteiger partial charge on any atom is 0.133 e. The van der Waals surface area contributed by atoms with Crippen molar-refractivity contribution < 1.29 is 4.42 Å². The smallest absolute Gasteiger partial charge is 0.133 e. The van der Waals surface area contributed by atoms with Crippen LogP contribution in [0.1, 0.15) is 11.1 Å². The Balaban J connectivity index is 2.23. The van der Waals surface area contributed by atoms with E-state index >= 15 is 0 Å². The van der Waals surface area contributed by atoms with Crippen molar-refractivity contribution in [3.63, 3.8) is 0 Å². The van der Waals surface area contributed by atoms with Crippen molar-refractivity contribution in [2.75, 3.05) is 0 Å². The SMILES string of the molecule is C=Cc1cc2ccc(-c3ccco3)cc2cc1C=C. The van der Waals surface area contributed by atoms with Gasteiger partial charge in [-0.3, -0.25) is 0 Å².